The van der Waals surface area contributed by atoms with E-state index in [2.05, 4.69) is 13.8 Å². The van der Waals surface area contributed by atoms with Crippen LogP contribution in [-0.4, -0.2) is 30.4 Å². The van der Waals surface area contributed by atoms with Crippen molar-refractivity contribution in [2.75, 3.05) is 6.61 Å². The molecule has 1 aliphatic carbocycles. The van der Waals surface area contributed by atoms with Gasteiger partial charge in [0.25, 0.3) is 0 Å². The maximum absolute atomic E-state index is 13.3. The van der Waals surface area contributed by atoms with Gasteiger partial charge in [0.15, 0.2) is 11.9 Å². The fraction of sp³-hybridized carbons (Fsp3) is 0.750. The third-order valence-corrected chi connectivity index (χ3v) is 8.00. The molecule has 2 bridgehead atoms. The molecule has 0 radical (unpaired) electrons. The number of hydrogen-bond acceptors (Lipinski definition) is 5. The normalized spacial score (nSPS) is 45.1. The van der Waals surface area contributed by atoms with E-state index in [1.54, 1.807) is 6.07 Å². The van der Waals surface area contributed by atoms with Crippen LogP contribution < -0.4 is 0 Å². The molecule has 5 aliphatic rings. The Morgan fingerprint density at radius 3 is 2.83 bits per heavy atom. The summed E-state index contributed by atoms with van der Waals surface area (Å²) in [5, 5.41) is 0. The minimum absolute atomic E-state index is 0.0405. The Morgan fingerprint density at radius 1 is 1.13 bits per heavy atom. The van der Waals surface area contributed by atoms with Gasteiger partial charge in [0.1, 0.15) is 5.82 Å². The zero-order chi connectivity index (χ0) is 20.9. The van der Waals surface area contributed by atoms with Gasteiger partial charge in [-0.15, -0.1) is 0 Å². The maximum atomic E-state index is 13.3. The van der Waals surface area contributed by atoms with Gasteiger partial charge in [0, 0.05) is 18.9 Å². The van der Waals surface area contributed by atoms with Gasteiger partial charge in [-0.25, -0.2) is 14.2 Å². The molecule has 1 spiro atoms. The van der Waals surface area contributed by atoms with E-state index in [9.17, 15) is 4.39 Å². The topological polar surface area (TPSA) is 46.2 Å². The molecule has 1 aromatic carbocycles. The molecule has 4 aliphatic heterocycles. The van der Waals surface area contributed by atoms with Crippen molar-refractivity contribution in [3.8, 4) is 0 Å². The van der Waals surface area contributed by atoms with Crippen molar-refractivity contribution in [3.63, 3.8) is 0 Å². The van der Waals surface area contributed by atoms with Crippen LogP contribution in [0.3, 0.4) is 0 Å². The predicted molar refractivity (Wildman–Crippen MR) is 108 cm³/mol. The number of halogens is 1. The van der Waals surface area contributed by atoms with Crippen molar-refractivity contribution in [3.05, 3.63) is 35.6 Å². The van der Waals surface area contributed by atoms with Crippen LogP contribution in [0.25, 0.3) is 0 Å². The molecule has 4 saturated heterocycles. The molecule has 0 unspecified atom stereocenters. The summed E-state index contributed by atoms with van der Waals surface area (Å²) in [6, 6.07) is 6.55. The lowest BCUT2D eigenvalue weighted by molar-refractivity contribution is -0.571. The number of ether oxygens (including phenoxy) is 3. The smallest absolute Gasteiger partial charge is 0.201 e. The predicted octanol–water partition coefficient (Wildman–Crippen LogP) is 4.98. The fourth-order valence-corrected chi connectivity index (χ4v) is 6.33. The summed E-state index contributed by atoms with van der Waals surface area (Å²) in [6.07, 6.45) is 4.59. The van der Waals surface area contributed by atoms with E-state index in [4.69, 9.17) is 24.0 Å². The maximum Gasteiger partial charge on any atom is 0.201 e. The fourth-order valence-electron chi connectivity index (χ4n) is 6.33. The van der Waals surface area contributed by atoms with Gasteiger partial charge in [-0.3, -0.25) is 0 Å². The minimum Gasteiger partial charge on any atom is -0.377 e. The van der Waals surface area contributed by atoms with Crippen LogP contribution >= 0.6 is 0 Å². The molecule has 0 aromatic heterocycles. The summed E-state index contributed by atoms with van der Waals surface area (Å²) in [7, 11) is 0. The van der Waals surface area contributed by atoms with Crippen LogP contribution in [0.15, 0.2) is 24.3 Å². The molecule has 6 heteroatoms. The molecule has 0 N–H and O–H groups in total. The highest BCUT2D eigenvalue weighted by Gasteiger charge is 2.69. The Kier molecular flexibility index (Phi) is 5.43. The first-order chi connectivity index (χ1) is 14.4. The molecule has 1 saturated carbocycles. The van der Waals surface area contributed by atoms with E-state index in [1.807, 2.05) is 13.0 Å². The molecule has 166 valence electrons. The quantitative estimate of drug-likeness (QED) is 0.496. The SMILES string of the molecule is C[C@H]1[C@@H](CCOCc2cccc(F)c2)O[C@@H]2O[C@]3(C)CC[C@H]4[C@H](C)CC[C@@H]1[C@@]24OO3. The van der Waals surface area contributed by atoms with Crippen molar-refractivity contribution in [2.45, 2.75) is 83.3 Å². The van der Waals surface area contributed by atoms with Gasteiger partial charge in [0.05, 0.1) is 12.7 Å². The molecule has 30 heavy (non-hydrogen) atoms. The second-order valence-electron chi connectivity index (χ2n) is 9.91. The molecule has 5 fully saturated rings. The summed E-state index contributed by atoms with van der Waals surface area (Å²) in [4.78, 5) is 12.0. The van der Waals surface area contributed by atoms with Gasteiger partial charge < -0.3 is 14.2 Å². The first-order valence-electron chi connectivity index (χ1n) is 11.4. The number of fused-ring (bicyclic) bond motifs is 2. The monoisotopic (exact) mass is 420 g/mol. The molecular formula is C24H33FO5. The van der Waals surface area contributed by atoms with E-state index < -0.39 is 17.7 Å². The molecule has 6 rings (SSSR count). The van der Waals surface area contributed by atoms with E-state index in [-0.39, 0.29) is 11.9 Å². The highest BCUT2D eigenvalue weighted by Crippen LogP contribution is 2.60. The van der Waals surface area contributed by atoms with Crippen LogP contribution in [0, 0.1) is 29.5 Å². The largest absolute Gasteiger partial charge is 0.377 e. The van der Waals surface area contributed by atoms with Crippen molar-refractivity contribution in [1.82, 2.24) is 0 Å². The first kappa shape index (κ1) is 20.8. The van der Waals surface area contributed by atoms with Crippen LogP contribution in [0.5, 0.6) is 0 Å². The van der Waals surface area contributed by atoms with Crippen molar-refractivity contribution in [1.29, 1.82) is 0 Å². The third-order valence-electron chi connectivity index (χ3n) is 8.00. The van der Waals surface area contributed by atoms with Gasteiger partial charge in [-0.05, 0) is 68.1 Å². The molecular weight excluding hydrogens is 387 g/mol. The average molecular weight is 421 g/mol. The Morgan fingerprint density at radius 2 is 2.00 bits per heavy atom. The summed E-state index contributed by atoms with van der Waals surface area (Å²) < 4.78 is 32.1. The molecule has 8 atom stereocenters. The van der Waals surface area contributed by atoms with Gasteiger partial charge in [-0.1, -0.05) is 26.0 Å². The van der Waals surface area contributed by atoms with E-state index in [0.717, 1.165) is 31.2 Å². The van der Waals surface area contributed by atoms with Crippen LogP contribution in [-0.2, 0) is 30.6 Å². The number of benzene rings is 1. The van der Waals surface area contributed by atoms with Crippen LogP contribution in [0.2, 0.25) is 0 Å². The zero-order valence-electron chi connectivity index (χ0n) is 18.1. The standard InChI is InChI=1S/C24H33FO5/c1-15-7-8-20-16(2)21(10-12-26-14-17-5-4-6-18(25)13-17)27-22-24(20)19(15)9-11-23(3,28-22)29-30-24/h4-6,13,15-16,19-22H,7-12,14H2,1-3H3/t15-,16-,19+,20+,21-,22-,23+,24-/m1/s1. The van der Waals surface area contributed by atoms with E-state index in [1.165, 1.54) is 18.6 Å². The van der Waals surface area contributed by atoms with Crippen LogP contribution in [0.4, 0.5) is 4.39 Å². The lowest BCUT2D eigenvalue weighted by Gasteiger charge is -2.60. The third kappa shape index (κ3) is 3.41. The second-order valence-corrected chi connectivity index (χ2v) is 9.91. The van der Waals surface area contributed by atoms with E-state index in [0.29, 0.717) is 36.9 Å². The van der Waals surface area contributed by atoms with Gasteiger partial charge in [0.2, 0.25) is 5.79 Å². The number of hydrogen-bond donors (Lipinski definition) is 0. The molecule has 0 amide bonds. The highest BCUT2D eigenvalue weighted by atomic mass is 19.1. The highest BCUT2D eigenvalue weighted by molar-refractivity contribution is 5.15. The Labute approximate surface area is 178 Å². The van der Waals surface area contributed by atoms with E-state index >= 15 is 0 Å². The average Bonchev–Trinajstić information content (AvgIpc) is 2.95. The first-order valence-corrected chi connectivity index (χ1v) is 11.4. The number of rotatable bonds is 5. The van der Waals surface area contributed by atoms with Crippen LogP contribution in [0.1, 0.15) is 58.4 Å². The summed E-state index contributed by atoms with van der Waals surface area (Å²) in [5.41, 5.74) is 0.338. The lowest BCUT2D eigenvalue weighted by Crippen LogP contribution is -2.70. The Bertz CT molecular complexity index is 774. The molecule has 1 aromatic rings. The Hall–Kier alpha value is -1.05. The zero-order valence-corrected chi connectivity index (χ0v) is 18.1. The molecule has 4 heterocycles. The van der Waals surface area contributed by atoms with Crippen molar-refractivity contribution < 1.29 is 28.4 Å². The summed E-state index contributed by atoms with van der Waals surface area (Å²) >= 11 is 0. The summed E-state index contributed by atoms with van der Waals surface area (Å²) in [5.74, 6) is 0.646. The van der Waals surface area contributed by atoms with Crippen molar-refractivity contribution in [2.24, 2.45) is 23.7 Å². The van der Waals surface area contributed by atoms with Gasteiger partial charge >= 0.3 is 0 Å². The minimum atomic E-state index is -0.740. The van der Waals surface area contributed by atoms with Gasteiger partial charge in [-0.2, -0.15) is 0 Å². The van der Waals surface area contributed by atoms with Crippen molar-refractivity contribution >= 4 is 0 Å². The lowest BCUT2D eigenvalue weighted by atomic mass is 9.57. The molecule has 5 nitrogen and oxygen atoms in total. The Balaban J connectivity index is 1.28. The second kappa shape index (κ2) is 7.82. The summed E-state index contributed by atoms with van der Waals surface area (Å²) in [6.45, 7) is 7.51.